The van der Waals surface area contributed by atoms with Gasteiger partial charge in [0, 0.05) is 21.0 Å². The summed E-state index contributed by atoms with van der Waals surface area (Å²) in [6.07, 6.45) is 0. The van der Waals surface area contributed by atoms with E-state index in [0.717, 1.165) is 7.96 Å². The van der Waals surface area contributed by atoms with Gasteiger partial charge in [0.25, 0.3) is 0 Å². The van der Waals surface area contributed by atoms with Crippen LogP contribution in [-0.2, 0) is 4.79 Å². The highest BCUT2D eigenvalue weighted by molar-refractivity contribution is 8.77. The highest BCUT2D eigenvalue weighted by Gasteiger charge is 1.87. The topological polar surface area (TPSA) is 20.3 Å². The maximum atomic E-state index is 10.1. The lowest BCUT2D eigenvalue weighted by molar-refractivity contribution is -0.126. The zero-order valence-electron chi connectivity index (χ0n) is 7.03. The minimum atomic E-state index is 0.0926. The van der Waals surface area contributed by atoms with Crippen molar-refractivity contribution in [2.75, 3.05) is 14.1 Å². The molecule has 0 saturated heterocycles. The van der Waals surface area contributed by atoms with Crippen LogP contribution in [0, 0.1) is 0 Å². The number of hydrogen-bond donors (Lipinski definition) is 0. The Morgan fingerprint density at radius 2 is 1.64 bits per heavy atom. The summed E-state index contributed by atoms with van der Waals surface area (Å²) in [5.41, 5.74) is 0. The maximum Gasteiger partial charge on any atom is 0.218 e. The van der Waals surface area contributed by atoms with Gasteiger partial charge in [0.05, 0.1) is 0 Å². The quantitative estimate of drug-likeness (QED) is 0.654. The summed E-state index contributed by atoms with van der Waals surface area (Å²) in [4.78, 5) is 11.6. The number of nitrogens with zero attached hydrogens (tertiary/aromatic N) is 1. The van der Waals surface area contributed by atoms with Crippen LogP contribution in [0.25, 0.3) is 0 Å². The molecule has 4 atom stereocenters. The molecule has 68 valence electrons. The van der Waals surface area contributed by atoms with Crippen molar-refractivity contribution in [2.45, 2.75) is 6.92 Å². The summed E-state index contributed by atoms with van der Waals surface area (Å²) < 4.78 is 0. The van der Waals surface area contributed by atoms with E-state index in [9.17, 15) is 4.79 Å². The van der Waals surface area contributed by atoms with E-state index in [1.54, 1.807) is 14.1 Å². The van der Waals surface area contributed by atoms with E-state index in [1.807, 2.05) is 0 Å². The average molecular weight is 249 g/mol. The van der Waals surface area contributed by atoms with Gasteiger partial charge >= 0.3 is 0 Å². The monoisotopic (exact) mass is 249 g/mol. The largest absolute Gasteiger partial charge is 0.349 e. The Morgan fingerprint density at radius 3 is 1.64 bits per heavy atom. The second kappa shape index (κ2) is 9.71. The molecular formula is C4H16NOP5. The second-order valence-electron chi connectivity index (χ2n) is 1.95. The molecule has 0 heterocycles. The molecular weight excluding hydrogens is 233 g/mol. The molecule has 0 fully saturated rings. The second-order valence-corrected chi connectivity index (χ2v) is 15.9. The van der Waals surface area contributed by atoms with Crippen molar-refractivity contribution in [3.8, 4) is 0 Å². The summed E-state index contributed by atoms with van der Waals surface area (Å²) in [6, 6.07) is 0. The van der Waals surface area contributed by atoms with Crippen LogP contribution < -0.4 is 0 Å². The summed E-state index contributed by atoms with van der Waals surface area (Å²) >= 11 is 0. The molecule has 0 N–H and O–H groups in total. The molecule has 0 aliphatic heterocycles. The first-order chi connectivity index (χ1) is 4.91. The third-order valence-electron chi connectivity index (χ3n) is 0.779. The molecule has 0 radical (unpaired) electrons. The normalized spacial score (nSPS) is 9.73. The van der Waals surface area contributed by atoms with E-state index in [0.29, 0.717) is 0 Å². The van der Waals surface area contributed by atoms with E-state index in [-0.39, 0.29) is 12.9 Å². The van der Waals surface area contributed by atoms with E-state index >= 15 is 0 Å². The van der Waals surface area contributed by atoms with Crippen molar-refractivity contribution in [2.24, 2.45) is 0 Å². The predicted octanol–water partition coefficient (Wildman–Crippen LogP) is 2.53. The lowest BCUT2D eigenvalue weighted by Crippen LogP contribution is -2.17. The summed E-state index contributed by atoms with van der Waals surface area (Å²) in [7, 11) is 12.7. The Bertz CT molecular complexity index is 107. The molecule has 0 spiro atoms. The molecule has 0 aromatic heterocycles. The highest BCUT2D eigenvalue weighted by atomic mass is 32.8. The van der Waals surface area contributed by atoms with Gasteiger partial charge in [0.15, 0.2) is 0 Å². The van der Waals surface area contributed by atoms with Crippen molar-refractivity contribution in [3.05, 3.63) is 0 Å². The van der Waals surface area contributed by atoms with Crippen LogP contribution in [-0.4, -0.2) is 24.9 Å². The van der Waals surface area contributed by atoms with Crippen LogP contribution in [0.1, 0.15) is 6.92 Å². The molecule has 7 heteroatoms. The summed E-state index contributed by atoms with van der Waals surface area (Å²) in [6.45, 7) is 1.75. The number of carbonyl (C=O) groups excluding carboxylic acids is 1. The zero-order chi connectivity index (χ0) is 9.44. The van der Waals surface area contributed by atoms with Gasteiger partial charge in [0.1, 0.15) is 0 Å². The summed E-state index contributed by atoms with van der Waals surface area (Å²) in [5, 5.41) is 0. The van der Waals surface area contributed by atoms with Gasteiger partial charge in [-0.2, -0.15) is 0 Å². The van der Waals surface area contributed by atoms with Crippen LogP contribution in [0.15, 0.2) is 0 Å². The van der Waals surface area contributed by atoms with Crippen LogP contribution >= 0.6 is 41.7 Å². The predicted molar refractivity (Wildman–Crippen MR) is 68.7 cm³/mol. The van der Waals surface area contributed by atoms with Gasteiger partial charge in [-0.3, -0.25) is 4.79 Å². The molecule has 0 aromatic carbocycles. The molecule has 0 rings (SSSR count). The fourth-order valence-electron chi connectivity index (χ4n) is 0. The van der Waals surface area contributed by atoms with Gasteiger partial charge in [0.2, 0.25) is 5.91 Å². The van der Waals surface area contributed by atoms with Crippen LogP contribution in [0.4, 0.5) is 0 Å². The molecule has 0 aromatic rings. The maximum absolute atomic E-state index is 10.1. The van der Waals surface area contributed by atoms with Crippen molar-refractivity contribution in [1.82, 2.24) is 4.90 Å². The summed E-state index contributed by atoms with van der Waals surface area (Å²) in [5.74, 6) is 0.0926. The Labute approximate surface area is 78.7 Å². The molecule has 4 unspecified atom stereocenters. The number of rotatable bonds is 1. The van der Waals surface area contributed by atoms with Gasteiger partial charge < -0.3 is 4.90 Å². The van der Waals surface area contributed by atoms with E-state index < -0.39 is 0 Å². The van der Waals surface area contributed by atoms with Crippen molar-refractivity contribution < 1.29 is 4.79 Å². The van der Waals surface area contributed by atoms with Gasteiger partial charge in [-0.15, -0.1) is 26.8 Å². The standard InChI is InChI=1S/C4H9NO.H7P5/c1-4(6)5(2)3;1-4-5(2)3/h1-3H3;4H,1-3H2. The minimum Gasteiger partial charge on any atom is -0.349 e. The fraction of sp³-hybridized carbons (Fsp3) is 0.750. The molecule has 0 aliphatic carbocycles. The fourth-order valence-corrected chi connectivity index (χ4v) is 0. The Balaban J connectivity index is 0. The first-order valence-corrected chi connectivity index (χ1v) is 11.1. The van der Waals surface area contributed by atoms with E-state index in [2.05, 4.69) is 26.8 Å². The smallest absolute Gasteiger partial charge is 0.218 e. The minimum absolute atomic E-state index is 0.0926. The number of hydrogen-bond acceptors (Lipinski definition) is 1. The van der Waals surface area contributed by atoms with Gasteiger partial charge in [-0.1, -0.05) is 7.96 Å². The van der Waals surface area contributed by atoms with Crippen LogP contribution in [0.3, 0.4) is 0 Å². The Morgan fingerprint density at radius 1 is 1.45 bits per heavy atom. The third kappa shape index (κ3) is 18.5. The zero-order valence-corrected chi connectivity index (χ0v) is 12.4. The van der Waals surface area contributed by atoms with Gasteiger partial charge in [-0.25, -0.2) is 0 Å². The molecule has 11 heavy (non-hydrogen) atoms. The third-order valence-corrected chi connectivity index (χ3v) is 12.7. The lowest BCUT2D eigenvalue weighted by atomic mass is 10.7. The molecule has 1 amide bonds. The molecule has 0 aliphatic rings. The van der Waals surface area contributed by atoms with E-state index in [1.165, 1.54) is 11.8 Å². The Kier molecular flexibility index (Phi) is 13.3. The average Bonchev–Trinajstić information content (AvgIpc) is 1.89. The molecule has 0 bridgehead atoms. The SMILES string of the molecule is CC(=O)N(C)C.PPP(P)P. The first kappa shape index (κ1) is 15.1. The lowest BCUT2D eigenvalue weighted by Gasteiger charge is -2.02. The first-order valence-electron chi connectivity index (χ1n) is 2.85. The Hall–Kier alpha value is 1.62. The van der Waals surface area contributed by atoms with Crippen molar-refractivity contribution in [1.29, 1.82) is 0 Å². The van der Waals surface area contributed by atoms with Crippen molar-refractivity contribution in [3.63, 3.8) is 0 Å². The number of amides is 1. The van der Waals surface area contributed by atoms with Crippen LogP contribution in [0.5, 0.6) is 0 Å². The highest BCUT2D eigenvalue weighted by Crippen LogP contribution is 2.71. The van der Waals surface area contributed by atoms with E-state index in [4.69, 9.17) is 0 Å². The van der Waals surface area contributed by atoms with Gasteiger partial charge in [-0.05, 0) is 6.99 Å². The number of carbonyl (C=O) groups is 1. The molecule has 0 saturated carbocycles. The van der Waals surface area contributed by atoms with Crippen molar-refractivity contribution >= 4 is 47.6 Å². The van der Waals surface area contributed by atoms with Crippen LogP contribution in [0.2, 0.25) is 0 Å². The molecule has 2 nitrogen and oxygen atoms in total.